The van der Waals surface area contributed by atoms with Crippen molar-refractivity contribution in [2.24, 2.45) is 11.8 Å². The van der Waals surface area contributed by atoms with Crippen molar-refractivity contribution >= 4 is 5.91 Å². The number of rotatable bonds is 6. The quantitative estimate of drug-likeness (QED) is 0.480. The van der Waals surface area contributed by atoms with E-state index in [1.165, 1.54) is 37.8 Å². The summed E-state index contributed by atoms with van der Waals surface area (Å²) in [7, 11) is 2.19. The van der Waals surface area contributed by atoms with Gasteiger partial charge in [0.1, 0.15) is 0 Å². The van der Waals surface area contributed by atoms with Crippen molar-refractivity contribution in [3.05, 3.63) is 35.4 Å². The maximum atomic E-state index is 11.5. The fraction of sp³-hybridized carbons (Fsp3) is 0.588. The second-order valence-corrected chi connectivity index (χ2v) is 6.32. The van der Waals surface area contributed by atoms with Gasteiger partial charge in [0.15, 0.2) is 0 Å². The van der Waals surface area contributed by atoms with Gasteiger partial charge >= 0.3 is 0 Å². The average molecular weight is 289 g/mol. The lowest BCUT2D eigenvalue weighted by Gasteiger charge is -2.21. The van der Waals surface area contributed by atoms with Crippen LogP contribution in [0.25, 0.3) is 0 Å². The first kappa shape index (κ1) is 16.0. The Labute approximate surface area is 127 Å². The molecule has 0 spiro atoms. The van der Waals surface area contributed by atoms with Crippen LogP contribution >= 0.6 is 0 Å². The van der Waals surface area contributed by atoms with Crippen LogP contribution < -0.4 is 11.3 Å². The van der Waals surface area contributed by atoms with Crippen molar-refractivity contribution in [3.8, 4) is 0 Å². The highest BCUT2D eigenvalue weighted by Crippen LogP contribution is 2.25. The Morgan fingerprint density at radius 3 is 2.52 bits per heavy atom. The molecule has 0 radical (unpaired) electrons. The van der Waals surface area contributed by atoms with Gasteiger partial charge in [0.2, 0.25) is 5.91 Å². The first-order valence-corrected chi connectivity index (χ1v) is 7.88. The molecule has 1 unspecified atom stereocenters. The lowest BCUT2D eigenvalue weighted by molar-refractivity contribution is -0.122. The molecule has 1 saturated carbocycles. The largest absolute Gasteiger partial charge is 0.302 e. The number of nitrogens with one attached hydrogen (secondary N) is 1. The number of carbonyl (C=O) groups excluding carboxylic acids is 1. The third-order valence-corrected chi connectivity index (χ3v) is 4.51. The van der Waals surface area contributed by atoms with E-state index in [0.717, 1.165) is 18.0 Å². The highest BCUT2D eigenvalue weighted by Gasteiger charge is 2.17. The van der Waals surface area contributed by atoms with Crippen LogP contribution in [0.15, 0.2) is 24.3 Å². The SMILES string of the molecule is CC(C(=O)NN)c1ccc(CN(C)CC2CCCC2)cc1. The highest BCUT2D eigenvalue weighted by molar-refractivity contribution is 5.82. The molecule has 1 aromatic carbocycles. The van der Waals surface area contributed by atoms with Crippen LogP contribution in [0, 0.1) is 5.92 Å². The summed E-state index contributed by atoms with van der Waals surface area (Å²) in [5, 5.41) is 0. The average Bonchev–Trinajstić information content (AvgIpc) is 2.99. The Hall–Kier alpha value is -1.39. The molecule has 4 heteroatoms. The number of nitrogens with two attached hydrogens (primary N) is 1. The van der Waals surface area contributed by atoms with Crippen molar-refractivity contribution in [3.63, 3.8) is 0 Å². The minimum absolute atomic E-state index is 0.152. The van der Waals surface area contributed by atoms with E-state index in [1.807, 2.05) is 19.1 Å². The van der Waals surface area contributed by atoms with Crippen molar-refractivity contribution in [2.45, 2.75) is 45.1 Å². The maximum absolute atomic E-state index is 11.5. The highest BCUT2D eigenvalue weighted by atomic mass is 16.2. The summed E-state index contributed by atoms with van der Waals surface area (Å²) in [6, 6.07) is 8.28. The molecule has 1 aromatic rings. The lowest BCUT2D eigenvalue weighted by atomic mass is 9.99. The van der Waals surface area contributed by atoms with Gasteiger partial charge in [-0.1, -0.05) is 37.1 Å². The Morgan fingerprint density at radius 2 is 1.95 bits per heavy atom. The summed E-state index contributed by atoms with van der Waals surface area (Å²) in [6.07, 6.45) is 5.56. The molecule has 21 heavy (non-hydrogen) atoms. The van der Waals surface area contributed by atoms with E-state index >= 15 is 0 Å². The molecule has 4 nitrogen and oxygen atoms in total. The standard InChI is InChI=1S/C17H27N3O/c1-13(17(21)19-18)16-9-7-15(8-10-16)12-20(2)11-14-5-3-4-6-14/h7-10,13-14H,3-6,11-12,18H2,1-2H3,(H,19,21). The minimum atomic E-state index is -0.208. The number of benzene rings is 1. The van der Waals surface area contributed by atoms with Gasteiger partial charge in [-0.05, 0) is 43.9 Å². The first-order chi connectivity index (χ1) is 10.1. The summed E-state index contributed by atoms with van der Waals surface area (Å²) in [5.41, 5.74) is 4.49. The predicted molar refractivity (Wildman–Crippen MR) is 85.5 cm³/mol. The summed E-state index contributed by atoms with van der Waals surface area (Å²) < 4.78 is 0. The first-order valence-electron chi connectivity index (χ1n) is 7.88. The summed E-state index contributed by atoms with van der Waals surface area (Å²) in [5.74, 6) is 5.70. The zero-order valence-corrected chi connectivity index (χ0v) is 13.1. The third kappa shape index (κ3) is 4.55. The van der Waals surface area contributed by atoms with Gasteiger partial charge in [-0.25, -0.2) is 5.84 Å². The molecule has 1 aliphatic rings. The van der Waals surface area contributed by atoms with Crippen molar-refractivity contribution in [1.29, 1.82) is 0 Å². The molecule has 1 atom stereocenters. The molecule has 0 aliphatic heterocycles. The van der Waals surface area contributed by atoms with Crippen LogP contribution in [-0.4, -0.2) is 24.4 Å². The van der Waals surface area contributed by atoms with Gasteiger partial charge in [0.25, 0.3) is 0 Å². The summed E-state index contributed by atoms with van der Waals surface area (Å²) in [6.45, 7) is 4.02. The van der Waals surface area contributed by atoms with E-state index in [0.29, 0.717) is 0 Å². The molecule has 0 aromatic heterocycles. The lowest BCUT2D eigenvalue weighted by Crippen LogP contribution is -2.33. The smallest absolute Gasteiger partial charge is 0.241 e. The minimum Gasteiger partial charge on any atom is -0.302 e. The number of nitrogens with zero attached hydrogens (tertiary/aromatic N) is 1. The number of hydrogen-bond donors (Lipinski definition) is 2. The van der Waals surface area contributed by atoms with Crippen molar-refractivity contribution in [1.82, 2.24) is 10.3 Å². The fourth-order valence-corrected chi connectivity index (χ4v) is 3.20. The number of amides is 1. The molecule has 2 rings (SSSR count). The van der Waals surface area contributed by atoms with E-state index in [9.17, 15) is 4.79 Å². The molecule has 116 valence electrons. The van der Waals surface area contributed by atoms with E-state index in [-0.39, 0.29) is 11.8 Å². The monoisotopic (exact) mass is 289 g/mol. The molecule has 1 amide bonds. The van der Waals surface area contributed by atoms with E-state index < -0.39 is 0 Å². The van der Waals surface area contributed by atoms with Crippen LogP contribution in [0.1, 0.15) is 49.7 Å². The molecular formula is C17H27N3O. The van der Waals surface area contributed by atoms with Crippen LogP contribution in [0.2, 0.25) is 0 Å². The van der Waals surface area contributed by atoms with Gasteiger partial charge in [-0.3, -0.25) is 10.2 Å². The molecule has 1 fully saturated rings. The Balaban J connectivity index is 1.88. The summed E-state index contributed by atoms with van der Waals surface area (Å²) >= 11 is 0. The van der Waals surface area contributed by atoms with Crippen molar-refractivity contribution in [2.75, 3.05) is 13.6 Å². The molecule has 1 aliphatic carbocycles. The zero-order valence-electron chi connectivity index (χ0n) is 13.1. The normalized spacial score (nSPS) is 17.1. The molecule has 0 bridgehead atoms. The summed E-state index contributed by atoms with van der Waals surface area (Å²) in [4.78, 5) is 13.9. The maximum Gasteiger partial charge on any atom is 0.241 e. The molecule has 0 heterocycles. The zero-order chi connectivity index (χ0) is 15.2. The van der Waals surface area contributed by atoms with Crippen LogP contribution in [0.5, 0.6) is 0 Å². The topological polar surface area (TPSA) is 58.4 Å². The van der Waals surface area contributed by atoms with Crippen LogP contribution in [-0.2, 0) is 11.3 Å². The Kier molecular flexibility index (Phi) is 5.76. The third-order valence-electron chi connectivity index (χ3n) is 4.51. The van der Waals surface area contributed by atoms with Gasteiger partial charge in [-0.2, -0.15) is 0 Å². The van der Waals surface area contributed by atoms with Gasteiger partial charge in [-0.15, -0.1) is 0 Å². The fourth-order valence-electron chi connectivity index (χ4n) is 3.20. The van der Waals surface area contributed by atoms with E-state index in [4.69, 9.17) is 5.84 Å². The van der Waals surface area contributed by atoms with E-state index in [2.05, 4.69) is 29.5 Å². The van der Waals surface area contributed by atoms with Crippen LogP contribution in [0.4, 0.5) is 0 Å². The second-order valence-electron chi connectivity index (χ2n) is 6.32. The predicted octanol–water partition coefficient (Wildman–Crippen LogP) is 2.40. The van der Waals surface area contributed by atoms with Gasteiger partial charge < -0.3 is 4.90 Å². The Morgan fingerprint density at radius 1 is 1.33 bits per heavy atom. The number of hydrazine groups is 1. The number of hydrogen-bond acceptors (Lipinski definition) is 3. The van der Waals surface area contributed by atoms with E-state index in [1.54, 1.807) is 0 Å². The second kappa shape index (κ2) is 7.57. The molecule has 0 saturated heterocycles. The molecular weight excluding hydrogens is 262 g/mol. The van der Waals surface area contributed by atoms with Crippen molar-refractivity contribution < 1.29 is 4.79 Å². The van der Waals surface area contributed by atoms with Crippen LogP contribution in [0.3, 0.4) is 0 Å². The Bertz CT molecular complexity index is 452. The number of carbonyl (C=O) groups is 1. The van der Waals surface area contributed by atoms with Gasteiger partial charge in [0, 0.05) is 13.1 Å². The van der Waals surface area contributed by atoms with Gasteiger partial charge in [0.05, 0.1) is 5.92 Å². The molecule has 3 N–H and O–H groups in total.